The molecule has 3 rings (SSSR count). The molecule has 6 atom stereocenters. The Kier molecular flexibility index (Phi) is 20.6. The number of ether oxygens (including phenoxy) is 4. The molecular weight excluding hydrogens is 725 g/mol. The molecule has 0 aliphatic rings. The fourth-order valence-electron chi connectivity index (χ4n) is 8.04. The first-order valence-electron chi connectivity index (χ1n) is 21.5. The molecule has 0 N–H and O–H groups in total. The summed E-state index contributed by atoms with van der Waals surface area (Å²) in [4.78, 5) is 13.5. The molecule has 0 spiro atoms. The highest BCUT2D eigenvalue weighted by molar-refractivity contribution is 6.99. The van der Waals surface area contributed by atoms with Gasteiger partial charge in [-0.05, 0) is 98.7 Å². The molecule has 0 amide bonds. The molecule has 6 nitrogen and oxygen atoms in total. The van der Waals surface area contributed by atoms with E-state index < -0.39 is 8.32 Å². The van der Waals surface area contributed by atoms with Gasteiger partial charge in [0, 0.05) is 26.1 Å². The predicted molar refractivity (Wildman–Crippen MR) is 240 cm³/mol. The maximum atomic E-state index is 13.5. The third kappa shape index (κ3) is 15.3. The highest BCUT2D eigenvalue weighted by atomic mass is 28.4. The highest BCUT2D eigenvalue weighted by Crippen LogP contribution is 2.37. The Hall–Kier alpha value is -2.91. The summed E-state index contributed by atoms with van der Waals surface area (Å²) in [5.41, 5.74) is 2.00. The monoisotopic (exact) mass is 801 g/mol. The molecule has 0 saturated heterocycles. The lowest BCUT2D eigenvalue weighted by Crippen LogP contribution is -2.67. The average molecular weight is 801 g/mol. The number of Topliss-reactive ketones (excluding diaryl/α,β-unsaturated/α-hetero) is 1. The van der Waals surface area contributed by atoms with E-state index in [4.69, 9.17) is 23.4 Å². The summed E-state index contributed by atoms with van der Waals surface area (Å²) < 4.78 is 32.4. The molecule has 7 heteroatoms. The van der Waals surface area contributed by atoms with Crippen molar-refractivity contribution in [1.82, 2.24) is 0 Å². The smallest absolute Gasteiger partial charge is 0.261 e. The van der Waals surface area contributed by atoms with Crippen LogP contribution in [-0.2, 0) is 34.8 Å². The van der Waals surface area contributed by atoms with Gasteiger partial charge < -0.3 is 23.4 Å². The van der Waals surface area contributed by atoms with Crippen molar-refractivity contribution < 1.29 is 28.2 Å². The molecule has 0 heterocycles. The fraction of sp³-hybridized carbons (Fsp3) is 0.580. The van der Waals surface area contributed by atoms with Crippen LogP contribution in [-0.4, -0.2) is 64.9 Å². The van der Waals surface area contributed by atoms with Crippen LogP contribution < -0.4 is 10.4 Å². The summed E-state index contributed by atoms with van der Waals surface area (Å²) in [5.74, 6) is 0.831. The number of methoxy groups -OCH3 is 1. The predicted octanol–water partition coefficient (Wildman–Crippen LogP) is 10.8. The summed E-state index contributed by atoms with van der Waals surface area (Å²) in [6, 6.07) is 31.8. The van der Waals surface area contributed by atoms with Crippen molar-refractivity contribution in [3.05, 3.63) is 108 Å². The van der Waals surface area contributed by atoms with Crippen molar-refractivity contribution in [3.63, 3.8) is 0 Å². The quantitative estimate of drug-likeness (QED) is 0.0458. The lowest BCUT2D eigenvalue weighted by molar-refractivity contribution is -0.121. The molecule has 0 unspecified atom stereocenters. The van der Waals surface area contributed by atoms with E-state index in [2.05, 4.69) is 148 Å². The summed E-state index contributed by atoms with van der Waals surface area (Å²) in [7, 11) is -0.882. The molecule has 0 aliphatic heterocycles. The Morgan fingerprint density at radius 2 is 1.30 bits per heavy atom. The number of benzene rings is 3. The Morgan fingerprint density at radius 3 is 1.81 bits per heavy atom. The van der Waals surface area contributed by atoms with Crippen LogP contribution in [0.15, 0.2) is 103 Å². The first-order valence-corrected chi connectivity index (χ1v) is 23.4. The third-order valence-corrected chi connectivity index (χ3v) is 16.2. The molecule has 57 heavy (non-hydrogen) atoms. The number of carbonyl (C=O) groups is 1. The number of hydrogen-bond donors (Lipinski definition) is 0. The van der Waals surface area contributed by atoms with Gasteiger partial charge in [-0.3, -0.25) is 4.79 Å². The van der Waals surface area contributed by atoms with Gasteiger partial charge in [-0.15, -0.1) is 0 Å². The minimum atomic E-state index is -2.67. The molecular formula is C50H76O6Si. The second kappa shape index (κ2) is 24.2. The molecule has 0 saturated carbocycles. The maximum Gasteiger partial charge on any atom is 0.261 e. The number of rotatable bonds is 26. The van der Waals surface area contributed by atoms with Gasteiger partial charge in [0.25, 0.3) is 8.32 Å². The van der Waals surface area contributed by atoms with Crippen molar-refractivity contribution >= 4 is 24.5 Å². The summed E-state index contributed by atoms with van der Waals surface area (Å²) in [6.07, 6.45) is 5.84. The van der Waals surface area contributed by atoms with Gasteiger partial charge >= 0.3 is 0 Å². The van der Waals surface area contributed by atoms with Crippen molar-refractivity contribution in [3.8, 4) is 0 Å². The van der Waals surface area contributed by atoms with Crippen LogP contribution in [0.25, 0.3) is 0 Å². The zero-order chi connectivity index (χ0) is 42.0. The number of allylic oxidation sites excluding steroid dienone is 2. The summed E-state index contributed by atoms with van der Waals surface area (Å²) >= 11 is 0. The van der Waals surface area contributed by atoms with Gasteiger partial charge in [0.1, 0.15) is 0 Å². The van der Waals surface area contributed by atoms with E-state index in [1.54, 1.807) is 7.11 Å². The van der Waals surface area contributed by atoms with Crippen molar-refractivity contribution in [1.29, 1.82) is 0 Å². The molecule has 3 aromatic rings. The Bertz CT molecular complexity index is 1530. The molecule has 0 aliphatic carbocycles. The van der Waals surface area contributed by atoms with E-state index in [-0.39, 0.29) is 53.2 Å². The molecule has 0 bridgehead atoms. The van der Waals surface area contributed by atoms with Gasteiger partial charge in [-0.1, -0.05) is 139 Å². The lowest BCUT2D eigenvalue weighted by atomic mass is 9.84. The van der Waals surface area contributed by atoms with E-state index in [1.807, 2.05) is 25.1 Å². The van der Waals surface area contributed by atoms with Crippen LogP contribution >= 0.6 is 0 Å². The first-order chi connectivity index (χ1) is 27.1. The van der Waals surface area contributed by atoms with E-state index in [1.165, 1.54) is 15.9 Å². The SMILES string of the molecule is CO[C@@H](CO[Si](c1ccccc1)(c1ccccc1)C(C)(C)C)C[C@H](C)C/C=C(\C)C(=O)CC[C@@H](C)[C@@H](OC(C)C)[C@H](C)[C@@H](CCOCc1ccccc1)OC(C)C. The lowest BCUT2D eigenvalue weighted by Gasteiger charge is -2.43. The van der Waals surface area contributed by atoms with Gasteiger partial charge in [0.2, 0.25) is 0 Å². The van der Waals surface area contributed by atoms with Crippen LogP contribution in [0.3, 0.4) is 0 Å². The zero-order valence-electron chi connectivity index (χ0n) is 37.5. The van der Waals surface area contributed by atoms with E-state index in [9.17, 15) is 4.79 Å². The van der Waals surface area contributed by atoms with E-state index >= 15 is 0 Å². The largest absolute Gasteiger partial charge is 0.405 e. The molecule has 0 aromatic heterocycles. The Labute approximate surface area is 348 Å². The van der Waals surface area contributed by atoms with Gasteiger partial charge in [0.05, 0.1) is 43.7 Å². The van der Waals surface area contributed by atoms with Crippen LogP contribution in [0.5, 0.6) is 0 Å². The summed E-state index contributed by atoms with van der Waals surface area (Å²) in [6.45, 7) is 25.6. The van der Waals surface area contributed by atoms with Gasteiger partial charge in [0.15, 0.2) is 5.78 Å². The van der Waals surface area contributed by atoms with Crippen molar-refractivity contribution in [2.75, 3.05) is 20.3 Å². The highest BCUT2D eigenvalue weighted by Gasteiger charge is 2.50. The van der Waals surface area contributed by atoms with Crippen LogP contribution in [0.2, 0.25) is 5.04 Å². The minimum Gasteiger partial charge on any atom is -0.405 e. The van der Waals surface area contributed by atoms with Crippen LogP contribution in [0, 0.1) is 17.8 Å². The number of carbonyl (C=O) groups excluding carboxylic acids is 1. The second-order valence-corrected chi connectivity index (χ2v) is 22.1. The number of hydrogen-bond acceptors (Lipinski definition) is 6. The molecule has 3 aromatic carbocycles. The Morgan fingerprint density at radius 1 is 0.754 bits per heavy atom. The molecule has 0 radical (unpaired) electrons. The normalized spacial score (nSPS) is 16.0. The molecule has 316 valence electrons. The number of ketones is 1. The summed E-state index contributed by atoms with van der Waals surface area (Å²) in [5, 5.41) is 2.43. The minimum absolute atomic E-state index is 0.0176. The van der Waals surface area contributed by atoms with Crippen LogP contribution in [0.1, 0.15) is 114 Å². The first kappa shape index (κ1) is 48.5. The van der Waals surface area contributed by atoms with Crippen LogP contribution in [0.4, 0.5) is 0 Å². The van der Waals surface area contributed by atoms with Crippen molar-refractivity contribution in [2.24, 2.45) is 17.8 Å². The second-order valence-electron chi connectivity index (χ2n) is 17.8. The van der Waals surface area contributed by atoms with Crippen molar-refractivity contribution in [2.45, 2.75) is 150 Å². The van der Waals surface area contributed by atoms with Gasteiger partial charge in [-0.25, -0.2) is 0 Å². The third-order valence-electron chi connectivity index (χ3n) is 11.2. The molecule has 0 fully saturated rings. The van der Waals surface area contributed by atoms with E-state index in [0.717, 1.165) is 31.3 Å². The van der Waals surface area contributed by atoms with Gasteiger partial charge in [-0.2, -0.15) is 0 Å². The Balaban J connectivity index is 1.60. The zero-order valence-corrected chi connectivity index (χ0v) is 38.5. The van der Waals surface area contributed by atoms with E-state index in [0.29, 0.717) is 32.2 Å². The topological polar surface area (TPSA) is 63.2 Å². The standard InChI is InChI=1S/C50H76O6Si/c1-37(2)55-48(32-33-53-35-43-22-16-13-17-23-43)42(8)49(56-38(3)4)41(7)30-31-47(51)40(6)29-28-39(5)34-44(52-12)36-54-57(50(9,10)11,45-24-18-14-19-25-45)46-26-20-15-21-27-46/h13-27,29,37-39,41-42,44,48-49H,28,30-36H2,1-12H3/b40-29+/t39-,41-,42-,44-,48-,49-/m1/s1. The average Bonchev–Trinajstić information content (AvgIpc) is 3.19. The maximum absolute atomic E-state index is 13.5. The fourth-order valence-corrected chi connectivity index (χ4v) is 12.6.